The molecule has 1 aliphatic heterocycles. The van der Waals surface area contributed by atoms with Crippen LogP contribution in [0, 0.1) is 0 Å². The molecule has 0 atom stereocenters. The summed E-state index contributed by atoms with van der Waals surface area (Å²) < 4.78 is 0. The van der Waals surface area contributed by atoms with Crippen LogP contribution in [0.25, 0.3) is 0 Å². The summed E-state index contributed by atoms with van der Waals surface area (Å²) in [4.78, 5) is 22.5. The molecule has 0 radical (unpaired) electrons. The maximum Gasteiger partial charge on any atom is 0.254 e. The van der Waals surface area contributed by atoms with Gasteiger partial charge >= 0.3 is 0 Å². The molecule has 0 unspecified atom stereocenters. The third-order valence-electron chi connectivity index (χ3n) is 5.22. The Morgan fingerprint density at radius 1 is 1.04 bits per heavy atom. The van der Waals surface area contributed by atoms with Crippen LogP contribution in [0.3, 0.4) is 0 Å². The zero-order valence-corrected chi connectivity index (χ0v) is 15.4. The van der Waals surface area contributed by atoms with Crippen LogP contribution in [0.1, 0.15) is 48.9 Å². The quantitative estimate of drug-likeness (QED) is 0.667. The topological polar surface area (TPSA) is 49.0 Å². The van der Waals surface area contributed by atoms with Gasteiger partial charge < -0.3 is 9.88 Å². The Morgan fingerprint density at radius 2 is 1.84 bits per heavy atom. The zero-order valence-electron chi connectivity index (χ0n) is 14.6. The first-order chi connectivity index (χ1) is 12.3. The molecule has 0 bridgehead atoms. The van der Waals surface area contributed by atoms with Gasteiger partial charge in [0.25, 0.3) is 5.56 Å². The average molecular weight is 356 g/mol. The molecule has 0 spiro atoms. The second-order valence-corrected chi connectivity index (χ2v) is 7.93. The number of rotatable bonds is 4. The van der Waals surface area contributed by atoms with Crippen LogP contribution in [0.5, 0.6) is 0 Å². The SMILES string of the molecule is O=c1[nH]c(SCc2ccccc2N2CCCCC2)nc2c1CCCC2. The number of para-hydroxylation sites is 1. The number of piperidine rings is 1. The summed E-state index contributed by atoms with van der Waals surface area (Å²) in [5.74, 6) is 0.842. The Kier molecular flexibility index (Phi) is 5.11. The number of fused-ring (bicyclic) bond motifs is 1. The Bertz CT molecular complexity index is 796. The predicted octanol–water partition coefficient (Wildman–Crippen LogP) is 3.93. The van der Waals surface area contributed by atoms with Gasteiger partial charge in [-0.25, -0.2) is 4.98 Å². The number of H-pyrrole nitrogens is 1. The van der Waals surface area contributed by atoms with Crippen molar-refractivity contribution < 1.29 is 0 Å². The van der Waals surface area contributed by atoms with Crippen molar-refractivity contribution in [3.05, 3.63) is 51.4 Å². The van der Waals surface area contributed by atoms with Crippen molar-refractivity contribution in [2.75, 3.05) is 18.0 Å². The summed E-state index contributed by atoms with van der Waals surface area (Å²) in [5, 5.41) is 0.763. The van der Waals surface area contributed by atoms with Crippen molar-refractivity contribution in [1.82, 2.24) is 9.97 Å². The van der Waals surface area contributed by atoms with E-state index in [0.29, 0.717) is 0 Å². The molecule has 1 aromatic carbocycles. The number of anilines is 1. The summed E-state index contributed by atoms with van der Waals surface area (Å²) in [6, 6.07) is 8.65. The van der Waals surface area contributed by atoms with Crippen molar-refractivity contribution in [2.45, 2.75) is 55.9 Å². The van der Waals surface area contributed by atoms with Crippen LogP contribution in [0.2, 0.25) is 0 Å². The van der Waals surface area contributed by atoms with E-state index < -0.39 is 0 Å². The van der Waals surface area contributed by atoms with Crippen LogP contribution in [0.15, 0.2) is 34.2 Å². The van der Waals surface area contributed by atoms with Gasteiger partial charge in [0, 0.05) is 30.1 Å². The molecular formula is C20H25N3OS. The number of hydrogen-bond donors (Lipinski definition) is 1. The lowest BCUT2D eigenvalue weighted by Crippen LogP contribution is -2.30. The smallest absolute Gasteiger partial charge is 0.254 e. The third-order valence-corrected chi connectivity index (χ3v) is 6.14. The second-order valence-electron chi connectivity index (χ2n) is 6.97. The van der Waals surface area contributed by atoms with E-state index >= 15 is 0 Å². The molecule has 1 saturated heterocycles. The minimum absolute atomic E-state index is 0.0662. The van der Waals surface area contributed by atoms with E-state index in [1.165, 1.54) is 30.5 Å². The van der Waals surface area contributed by atoms with Gasteiger partial charge in [-0.3, -0.25) is 4.79 Å². The first-order valence-electron chi connectivity index (χ1n) is 9.39. The van der Waals surface area contributed by atoms with E-state index in [9.17, 15) is 4.79 Å². The van der Waals surface area contributed by atoms with Gasteiger partial charge in [0.15, 0.2) is 5.16 Å². The number of benzene rings is 1. The van der Waals surface area contributed by atoms with Crippen molar-refractivity contribution in [1.29, 1.82) is 0 Å². The number of hydrogen-bond acceptors (Lipinski definition) is 4. The van der Waals surface area contributed by atoms with Gasteiger partial charge in [-0.2, -0.15) is 0 Å². The summed E-state index contributed by atoms with van der Waals surface area (Å²) >= 11 is 1.65. The maximum absolute atomic E-state index is 12.3. The fourth-order valence-corrected chi connectivity index (χ4v) is 4.75. The normalized spacial score (nSPS) is 17.4. The molecule has 4 nitrogen and oxygen atoms in total. The molecule has 1 aromatic heterocycles. The van der Waals surface area contributed by atoms with Gasteiger partial charge in [0.05, 0.1) is 5.69 Å². The van der Waals surface area contributed by atoms with E-state index in [2.05, 4.69) is 34.1 Å². The second kappa shape index (κ2) is 7.65. The average Bonchev–Trinajstić information content (AvgIpc) is 2.67. The molecular weight excluding hydrogens is 330 g/mol. The highest BCUT2D eigenvalue weighted by atomic mass is 32.2. The molecule has 0 amide bonds. The molecule has 1 fully saturated rings. The Balaban J connectivity index is 1.52. The molecule has 132 valence electrons. The van der Waals surface area contributed by atoms with Crippen LogP contribution in [0.4, 0.5) is 5.69 Å². The molecule has 2 heterocycles. The molecule has 4 rings (SSSR count). The first kappa shape index (κ1) is 16.7. The monoisotopic (exact) mass is 355 g/mol. The zero-order chi connectivity index (χ0) is 17.1. The number of aromatic nitrogens is 2. The molecule has 1 N–H and O–H groups in total. The van der Waals surface area contributed by atoms with E-state index in [-0.39, 0.29) is 5.56 Å². The summed E-state index contributed by atoms with van der Waals surface area (Å²) in [6.07, 6.45) is 7.96. The lowest BCUT2D eigenvalue weighted by Gasteiger charge is -2.30. The van der Waals surface area contributed by atoms with Crippen molar-refractivity contribution in [2.24, 2.45) is 0 Å². The summed E-state index contributed by atoms with van der Waals surface area (Å²) in [5.41, 5.74) is 4.66. The molecule has 2 aliphatic rings. The highest BCUT2D eigenvalue weighted by Crippen LogP contribution is 2.29. The maximum atomic E-state index is 12.3. The fraction of sp³-hybridized carbons (Fsp3) is 0.500. The summed E-state index contributed by atoms with van der Waals surface area (Å²) in [6.45, 7) is 2.30. The lowest BCUT2D eigenvalue weighted by atomic mass is 9.97. The van der Waals surface area contributed by atoms with Gasteiger partial charge in [-0.1, -0.05) is 30.0 Å². The fourth-order valence-electron chi connectivity index (χ4n) is 3.87. The van der Waals surface area contributed by atoms with Crippen molar-refractivity contribution in [3.63, 3.8) is 0 Å². The Labute approximate surface area is 153 Å². The Hall–Kier alpha value is -1.75. The van der Waals surface area contributed by atoms with E-state index in [1.807, 2.05) is 0 Å². The third kappa shape index (κ3) is 3.76. The van der Waals surface area contributed by atoms with Crippen molar-refractivity contribution >= 4 is 17.4 Å². The minimum atomic E-state index is 0.0662. The first-order valence-corrected chi connectivity index (χ1v) is 10.4. The molecule has 2 aromatic rings. The van der Waals surface area contributed by atoms with E-state index in [4.69, 9.17) is 4.98 Å². The molecule has 0 saturated carbocycles. The van der Waals surface area contributed by atoms with Gasteiger partial charge in [0.1, 0.15) is 0 Å². The molecule has 1 aliphatic carbocycles. The highest BCUT2D eigenvalue weighted by Gasteiger charge is 2.17. The Morgan fingerprint density at radius 3 is 2.72 bits per heavy atom. The van der Waals surface area contributed by atoms with Crippen LogP contribution in [-0.4, -0.2) is 23.1 Å². The summed E-state index contributed by atoms with van der Waals surface area (Å²) in [7, 11) is 0. The van der Waals surface area contributed by atoms with Gasteiger partial charge in [-0.05, 0) is 56.6 Å². The van der Waals surface area contributed by atoms with Crippen molar-refractivity contribution in [3.8, 4) is 0 Å². The molecule has 5 heteroatoms. The lowest BCUT2D eigenvalue weighted by molar-refractivity contribution is 0.577. The number of thioether (sulfide) groups is 1. The standard InChI is InChI=1S/C20H25N3OS/c24-19-16-9-3-4-10-17(16)21-20(22-19)25-14-15-8-2-5-11-18(15)23-12-6-1-7-13-23/h2,5,8,11H,1,3-4,6-7,9-10,12-14H2,(H,21,22,24). The number of nitrogens with one attached hydrogen (secondary N) is 1. The number of nitrogens with zero attached hydrogens (tertiary/aromatic N) is 2. The largest absolute Gasteiger partial charge is 0.371 e. The van der Waals surface area contributed by atoms with Crippen LogP contribution < -0.4 is 10.5 Å². The number of aryl methyl sites for hydroxylation is 1. The molecule has 25 heavy (non-hydrogen) atoms. The van der Waals surface area contributed by atoms with E-state index in [1.54, 1.807) is 11.8 Å². The predicted molar refractivity (Wildman–Crippen MR) is 104 cm³/mol. The minimum Gasteiger partial charge on any atom is -0.371 e. The highest BCUT2D eigenvalue weighted by molar-refractivity contribution is 7.98. The van der Waals surface area contributed by atoms with E-state index in [0.717, 1.165) is 60.9 Å². The van der Waals surface area contributed by atoms with Gasteiger partial charge in [0.2, 0.25) is 0 Å². The van der Waals surface area contributed by atoms with Gasteiger partial charge in [-0.15, -0.1) is 0 Å². The van der Waals surface area contributed by atoms with Crippen LogP contribution >= 0.6 is 11.8 Å². The number of aromatic amines is 1. The van der Waals surface area contributed by atoms with Crippen LogP contribution in [-0.2, 0) is 18.6 Å².